The molecule has 0 N–H and O–H groups in total. The number of hydrogen-bond acceptors (Lipinski definition) is 1. The van der Waals surface area contributed by atoms with Gasteiger partial charge in [-0.25, -0.2) is 0 Å². The summed E-state index contributed by atoms with van der Waals surface area (Å²) in [5.41, 5.74) is 1.14. The van der Waals surface area contributed by atoms with E-state index < -0.39 is 0 Å². The van der Waals surface area contributed by atoms with Gasteiger partial charge in [-0.05, 0) is 53.2 Å². The summed E-state index contributed by atoms with van der Waals surface area (Å²) in [7, 11) is 0. The summed E-state index contributed by atoms with van der Waals surface area (Å²) in [6, 6.07) is 10.8. The predicted molar refractivity (Wildman–Crippen MR) is 95.2 cm³/mol. The number of aryl methyl sites for hydroxylation is 1. The largest absolute Gasteiger partial charge is 0.457 e. The van der Waals surface area contributed by atoms with Crippen molar-refractivity contribution in [3.05, 3.63) is 57.0 Å². The molecule has 2 aromatic rings. The van der Waals surface area contributed by atoms with Crippen molar-refractivity contribution in [3.8, 4) is 11.5 Å². The quantitative estimate of drug-likeness (QED) is 0.366. The lowest BCUT2D eigenvalue weighted by Gasteiger charge is -2.09. The molecule has 0 fully saturated rings. The number of benzene rings is 2. The molecule has 0 saturated heterocycles. The van der Waals surface area contributed by atoms with E-state index in [1.165, 1.54) is 0 Å². The molecular formula is C15H12Cl3IO. The summed E-state index contributed by atoms with van der Waals surface area (Å²) in [5, 5.41) is 1.80. The monoisotopic (exact) mass is 440 g/mol. The van der Waals surface area contributed by atoms with Crippen molar-refractivity contribution in [1.82, 2.24) is 0 Å². The van der Waals surface area contributed by atoms with Gasteiger partial charge in [0.05, 0.1) is 0 Å². The summed E-state index contributed by atoms with van der Waals surface area (Å²) < 4.78 is 6.84. The molecule has 0 aromatic heterocycles. The topological polar surface area (TPSA) is 9.23 Å². The number of rotatable bonds is 5. The average Bonchev–Trinajstić information content (AvgIpc) is 2.36. The molecule has 0 aliphatic rings. The zero-order valence-corrected chi connectivity index (χ0v) is 14.9. The SMILES string of the molecule is Clc1cc(Cl)cc(Oc2ccc(CCCI)c(Cl)c2)c1. The van der Waals surface area contributed by atoms with E-state index in [0.29, 0.717) is 21.5 Å². The van der Waals surface area contributed by atoms with Crippen molar-refractivity contribution in [2.24, 2.45) is 0 Å². The highest BCUT2D eigenvalue weighted by Crippen LogP contribution is 2.31. The molecule has 0 heterocycles. The second-order valence-corrected chi connectivity index (χ2v) is 6.61. The van der Waals surface area contributed by atoms with Crippen molar-refractivity contribution in [2.75, 3.05) is 4.43 Å². The summed E-state index contributed by atoms with van der Waals surface area (Å²) in [6.45, 7) is 0. The number of alkyl halides is 1. The van der Waals surface area contributed by atoms with E-state index in [-0.39, 0.29) is 0 Å². The first-order valence-corrected chi connectivity index (χ1v) is 8.73. The van der Waals surface area contributed by atoms with Crippen molar-refractivity contribution < 1.29 is 4.74 Å². The maximum absolute atomic E-state index is 6.26. The Kier molecular flexibility index (Phi) is 6.27. The number of halogens is 4. The van der Waals surface area contributed by atoms with Crippen LogP contribution in [0.25, 0.3) is 0 Å². The van der Waals surface area contributed by atoms with E-state index in [2.05, 4.69) is 22.6 Å². The van der Waals surface area contributed by atoms with Crippen LogP contribution in [0.2, 0.25) is 15.1 Å². The Hall–Kier alpha value is -0.160. The standard InChI is InChI=1S/C15H12Cl3IO/c16-11-6-12(17)8-14(7-11)20-13-4-3-10(2-1-5-19)15(18)9-13/h3-4,6-9H,1-2,5H2. The number of ether oxygens (including phenoxy) is 1. The van der Waals surface area contributed by atoms with E-state index in [9.17, 15) is 0 Å². The Labute approximate surface area is 147 Å². The molecule has 0 amide bonds. The van der Waals surface area contributed by atoms with Crippen LogP contribution >= 0.6 is 57.4 Å². The van der Waals surface area contributed by atoms with Crippen LogP contribution in [0.1, 0.15) is 12.0 Å². The molecule has 0 atom stereocenters. The fourth-order valence-corrected chi connectivity index (χ4v) is 2.93. The van der Waals surface area contributed by atoms with E-state index in [4.69, 9.17) is 39.5 Å². The molecule has 0 radical (unpaired) electrons. The summed E-state index contributed by atoms with van der Waals surface area (Å²) >= 11 is 20.5. The van der Waals surface area contributed by atoms with Crippen molar-refractivity contribution in [2.45, 2.75) is 12.8 Å². The molecule has 0 aliphatic carbocycles. The Morgan fingerprint density at radius 3 is 2.20 bits per heavy atom. The van der Waals surface area contributed by atoms with Gasteiger partial charge in [-0.2, -0.15) is 0 Å². The van der Waals surface area contributed by atoms with Gasteiger partial charge in [-0.15, -0.1) is 0 Å². The van der Waals surface area contributed by atoms with Crippen LogP contribution in [0, 0.1) is 0 Å². The van der Waals surface area contributed by atoms with E-state index in [1.807, 2.05) is 18.2 Å². The Bertz CT molecular complexity index is 581. The van der Waals surface area contributed by atoms with Crippen molar-refractivity contribution in [1.29, 1.82) is 0 Å². The molecule has 2 aromatic carbocycles. The molecule has 0 bridgehead atoms. The minimum Gasteiger partial charge on any atom is -0.457 e. The van der Waals surface area contributed by atoms with Crippen LogP contribution in [0.4, 0.5) is 0 Å². The van der Waals surface area contributed by atoms with Gasteiger partial charge in [-0.3, -0.25) is 0 Å². The van der Waals surface area contributed by atoms with Gasteiger partial charge in [0.15, 0.2) is 0 Å². The van der Waals surface area contributed by atoms with Crippen LogP contribution < -0.4 is 4.74 Å². The molecule has 20 heavy (non-hydrogen) atoms. The minimum absolute atomic E-state index is 0.539. The first-order valence-electron chi connectivity index (χ1n) is 6.07. The third-order valence-corrected chi connectivity index (χ3v) is 4.23. The molecule has 1 nitrogen and oxygen atoms in total. The molecule has 0 saturated carbocycles. The third kappa shape index (κ3) is 4.69. The predicted octanol–water partition coefficient (Wildman–Crippen LogP) is 6.81. The fourth-order valence-electron chi connectivity index (χ4n) is 1.78. The minimum atomic E-state index is 0.539. The molecule has 5 heteroatoms. The summed E-state index contributed by atoms with van der Waals surface area (Å²) in [6.07, 6.45) is 2.09. The summed E-state index contributed by atoms with van der Waals surface area (Å²) in [4.78, 5) is 0. The van der Waals surface area contributed by atoms with E-state index in [0.717, 1.165) is 27.9 Å². The molecular weight excluding hydrogens is 429 g/mol. The fraction of sp³-hybridized carbons (Fsp3) is 0.200. The maximum Gasteiger partial charge on any atom is 0.130 e. The maximum atomic E-state index is 6.26. The molecule has 0 spiro atoms. The van der Waals surface area contributed by atoms with E-state index in [1.54, 1.807) is 18.2 Å². The first kappa shape index (κ1) is 16.2. The van der Waals surface area contributed by atoms with Crippen LogP contribution in [-0.4, -0.2) is 4.43 Å². The van der Waals surface area contributed by atoms with Crippen LogP contribution in [0.15, 0.2) is 36.4 Å². The lowest BCUT2D eigenvalue weighted by Crippen LogP contribution is -1.90. The van der Waals surface area contributed by atoms with Crippen molar-refractivity contribution in [3.63, 3.8) is 0 Å². The van der Waals surface area contributed by atoms with Crippen molar-refractivity contribution >= 4 is 57.4 Å². The lowest BCUT2D eigenvalue weighted by atomic mass is 10.1. The molecule has 0 aliphatic heterocycles. The second kappa shape index (κ2) is 7.74. The Balaban J connectivity index is 2.15. The highest BCUT2D eigenvalue weighted by Gasteiger charge is 2.05. The van der Waals surface area contributed by atoms with Gasteiger partial charge in [0, 0.05) is 15.1 Å². The molecule has 0 unspecified atom stereocenters. The highest BCUT2D eigenvalue weighted by atomic mass is 127. The van der Waals surface area contributed by atoms with Gasteiger partial charge in [0.25, 0.3) is 0 Å². The zero-order valence-electron chi connectivity index (χ0n) is 10.5. The highest BCUT2D eigenvalue weighted by molar-refractivity contribution is 14.1. The number of hydrogen-bond donors (Lipinski definition) is 0. The molecule has 106 valence electrons. The van der Waals surface area contributed by atoms with Gasteiger partial charge < -0.3 is 4.74 Å². The van der Waals surface area contributed by atoms with Gasteiger partial charge in [0.2, 0.25) is 0 Å². The normalized spacial score (nSPS) is 10.6. The third-order valence-electron chi connectivity index (χ3n) is 2.68. The average molecular weight is 442 g/mol. The summed E-state index contributed by atoms with van der Waals surface area (Å²) in [5.74, 6) is 1.27. The van der Waals surface area contributed by atoms with Crippen LogP contribution in [0.3, 0.4) is 0 Å². The second-order valence-electron chi connectivity index (χ2n) is 4.25. The van der Waals surface area contributed by atoms with E-state index >= 15 is 0 Å². The zero-order chi connectivity index (χ0) is 14.5. The Morgan fingerprint density at radius 2 is 1.60 bits per heavy atom. The van der Waals surface area contributed by atoms with Gasteiger partial charge in [0.1, 0.15) is 11.5 Å². The Morgan fingerprint density at radius 1 is 0.900 bits per heavy atom. The van der Waals surface area contributed by atoms with Gasteiger partial charge >= 0.3 is 0 Å². The molecule has 2 rings (SSSR count). The first-order chi connectivity index (χ1) is 9.58. The van der Waals surface area contributed by atoms with Crippen LogP contribution in [-0.2, 0) is 6.42 Å². The van der Waals surface area contributed by atoms with Crippen LogP contribution in [0.5, 0.6) is 11.5 Å². The smallest absolute Gasteiger partial charge is 0.130 e. The van der Waals surface area contributed by atoms with Gasteiger partial charge in [-0.1, -0.05) is 63.5 Å². The lowest BCUT2D eigenvalue weighted by molar-refractivity contribution is 0.482.